The topological polar surface area (TPSA) is 69.6 Å². The molecule has 0 spiro atoms. The highest BCUT2D eigenvalue weighted by Gasteiger charge is 2.11. The molecule has 0 aliphatic heterocycles. The molecule has 0 fully saturated rings. The number of carbonyl (C=O) groups is 1. The second-order valence-corrected chi connectivity index (χ2v) is 5.09. The maximum absolute atomic E-state index is 13.6. The van der Waals surface area contributed by atoms with E-state index >= 15 is 0 Å². The molecular weight excluding hydrogens is 320 g/mol. The molecule has 2 aromatic carbocycles. The Balaban J connectivity index is 2.24. The predicted molar refractivity (Wildman–Crippen MR) is 78.8 cm³/mol. The zero-order valence-corrected chi connectivity index (χ0v) is 12.0. The van der Waals surface area contributed by atoms with Crippen LogP contribution in [-0.4, -0.2) is 16.2 Å². The smallest absolute Gasteiger partial charge is 0.335 e. The third-order valence-corrected chi connectivity index (χ3v) is 3.30. The Labute approximate surface area is 129 Å². The molecule has 0 aliphatic rings. The van der Waals surface area contributed by atoms with E-state index in [0.717, 1.165) is 12.1 Å². The Kier molecular flexibility index (Phi) is 4.55. The fourth-order valence-corrected chi connectivity index (χ4v) is 2.27. The highest BCUT2D eigenvalue weighted by molar-refractivity contribution is 6.35. The summed E-state index contributed by atoms with van der Waals surface area (Å²) in [4.78, 5) is 10.9. The Morgan fingerprint density at radius 3 is 2.62 bits per heavy atom. The lowest BCUT2D eigenvalue weighted by atomic mass is 10.1. The molecular formula is C14H10Cl2FNO3. The van der Waals surface area contributed by atoms with Crippen molar-refractivity contribution in [3.63, 3.8) is 0 Å². The van der Waals surface area contributed by atoms with Crippen LogP contribution < -0.4 is 5.32 Å². The Bertz CT molecular complexity index is 707. The fourth-order valence-electron chi connectivity index (χ4n) is 1.74. The molecule has 0 bridgehead atoms. The van der Waals surface area contributed by atoms with Crippen molar-refractivity contribution in [2.24, 2.45) is 0 Å². The van der Waals surface area contributed by atoms with E-state index in [0.29, 0.717) is 10.6 Å². The van der Waals surface area contributed by atoms with Crippen LogP contribution in [0.15, 0.2) is 30.3 Å². The molecule has 3 N–H and O–H groups in total. The van der Waals surface area contributed by atoms with Crippen LogP contribution in [0.1, 0.15) is 15.9 Å². The maximum Gasteiger partial charge on any atom is 0.335 e. The lowest BCUT2D eigenvalue weighted by Crippen LogP contribution is -2.04. The summed E-state index contributed by atoms with van der Waals surface area (Å²) >= 11 is 11.6. The van der Waals surface area contributed by atoms with Crippen LogP contribution in [0, 0.1) is 5.82 Å². The van der Waals surface area contributed by atoms with E-state index in [1.165, 1.54) is 18.2 Å². The van der Waals surface area contributed by atoms with E-state index in [4.69, 9.17) is 28.3 Å². The van der Waals surface area contributed by atoms with Gasteiger partial charge in [-0.3, -0.25) is 0 Å². The number of benzene rings is 2. The summed E-state index contributed by atoms with van der Waals surface area (Å²) in [6, 6.07) is 6.25. The van der Waals surface area contributed by atoms with Crippen LogP contribution in [0.4, 0.5) is 10.1 Å². The largest absolute Gasteiger partial charge is 0.506 e. The minimum Gasteiger partial charge on any atom is -0.506 e. The van der Waals surface area contributed by atoms with E-state index in [1.807, 2.05) is 0 Å². The predicted octanol–water partition coefficient (Wildman–Crippen LogP) is 4.15. The molecule has 0 amide bonds. The van der Waals surface area contributed by atoms with E-state index < -0.39 is 11.8 Å². The number of rotatable bonds is 4. The number of aromatic hydroxyl groups is 1. The van der Waals surface area contributed by atoms with Gasteiger partial charge in [-0.2, -0.15) is 0 Å². The highest BCUT2D eigenvalue weighted by Crippen LogP contribution is 2.31. The number of aromatic carboxylic acids is 1. The van der Waals surface area contributed by atoms with Gasteiger partial charge in [0.1, 0.15) is 11.6 Å². The zero-order valence-electron chi connectivity index (χ0n) is 10.5. The maximum atomic E-state index is 13.6. The van der Waals surface area contributed by atoms with Gasteiger partial charge in [-0.15, -0.1) is 0 Å². The van der Waals surface area contributed by atoms with E-state index in [9.17, 15) is 14.3 Å². The van der Waals surface area contributed by atoms with Crippen molar-refractivity contribution >= 4 is 34.9 Å². The highest BCUT2D eigenvalue weighted by atomic mass is 35.5. The van der Waals surface area contributed by atoms with Gasteiger partial charge in [-0.05, 0) is 30.3 Å². The minimum absolute atomic E-state index is 0.00500. The van der Waals surface area contributed by atoms with Gasteiger partial charge in [-0.25, -0.2) is 9.18 Å². The molecule has 7 heteroatoms. The third kappa shape index (κ3) is 3.56. The summed E-state index contributed by atoms with van der Waals surface area (Å²) in [7, 11) is 0. The van der Waals surface area contributed by atoms with Crippen molar-refractivity contribution < 1.29 is 19.4 Å². The lowest BCUT2D eigenvalue weighted by molar-refractivity contribution is 0.0697. The Morgan fingerprint density at radius 1 is 1.24 bits per heavy atom. The number of halogens is 3. The van der Waals surface area contributed by atoms with E-state index in [1.54, 1.807) is 0 Å². The summed E-state index contributed by atoms with van der Waals surface area (Å²) in [6.45, 7) is 0.0338. The third-order valence-electron chi connectivity index (χ3n) is 2.79. The molecule has 0 atom stereocenters. The summed E-state index contributed by atoms with van der Waals surface area (Å²) in [6.07, 6.45) is 0. The molecule has 4 nitrogen and oxygen atoms in total. The van der Waals surface area contributed by atoms with Crippen LogP contribution in [0.5, 0.6) is 5.75 Å². The van der Waals surface area contributed by atoms with Crippen molar-refractivity contribution in [1.82, 2.24) is 0 Å². The number of hydrogen-bond donors (Lipinski definition) is 3. The van der Waals surface area contributed by atoms with Gasteiger partial charge in [0, 0.05) is 17.1 Å². The van der Waals surface area contributed by atoms with Gasteiger partial charge in [0.2, 0.25) is 0 Å². The second-order valence-electron chi connectivity index (χ2n) is 4.25. The quantitative estimate of drug-likeness (QED) is 0.788. The molecule has 0 aliphatic carbocycles. The lowest BCUT2D eigenvalue weighted by Gasteiger charge is -2.11. The standard InChI is InChI=1S/C14H10Cl2FNO3/c15-9-3-8(13(19)10(16)5-9)6-18-12-4-7(14(20)21)1-2-11(12)17/h1-5,18-19H,6H2,(H,20,21). The van der Waals surface area contributed by atoms with E-state index in [-0.39, 0.29) is 28.6 Å². The summed E-state index contributed by atoms with van der Waals surface area (Å²) in [5, 5.41) is 21.8. The van der Waals surface area contributed by atoms with Crippen LogP contribution in [0.2, 0.25) is 10.0 Å². The second kappa shape index (κ2) is 6.20. The van der Waals surface area contributed by atoms with Crippen LogP contribution >= 0.6 is 23.2 Å². The first-order valence-corrected chi connectivity index (χ1v) is 6.57. The van der Waals surface area contributed by atoms with Gasteiger partial charge in [0.15, 0.2) is 0 Å². The van der Waals surface area contributed by atoms with Crippen LogP contribution in [-0.2, 0) is 6.54 Å². The number of carboxylic acid groups (broad SMARTS) is 1. The van der Waals surface area contributed by atoms with Crippen molar-refractivity contribution in [3.05, 3.63) is 57.3 Å². The summed E-state index contributed by atoms with van der Waals surface area (Å²) in [5.41, 5.74) is 0.324. The van der Waals surface area contributed by atoms with Crippen LogP contribution in [0.25, 0.3) is 0 Å². The van der Waals surface area contributed by atoms with Gasteiger partial charge in [0.05, 0.1) is 16.3 Å². The van der Waals surface area contributed by atoms with Crippen molar-refractivity contribution in [1.29, 1.82) is 0 Å². The van der Waals surface area contributed by atoms with Crippen molar-refractivity contribution in [2.45, 2.75) is 6.54 Å². The molecule has 0 saturated heterocycles. The number of phenolic OH excluding ortho intramolecular Hbond substituents is 1. The fraction of sp³-hybridized carbons (Fsp3) is 0.0714. The number of phenols is 1. The van der Waals surface area contributed by atoms with Gasteiger partial charge in [-0.1, -0.05) is 23.2 Å². The first-order valence-electron chi connectivity index (χ1n) is 5.82. The first-order chi connectivity index (χ1) is 9.88. The Morgan fingerprint density at radius 2 is 1.95 bits per heavy atom. The molecule has 2 rings (SSSR count). The average molecular weight is 330 g/mol. The molecule has 0 aromatic heterocycles. The summed E-state index contributed by atoms with van der Waals surface area (Å²) in [5.74, 6) is -1.93. The van der Waals surface area contributed by atoms with Crippen molar-refractivity contribution in [3.8, 4) is 5.75 Å². The Hall–Kier alpha value is -1.98. The number of hydrogen-bond acceptors (Lipinski definition) is 3. The number of nitrogens with one attached hydrogen (secondary N) is 1. The molecule has 0 saturated carbocycles. The molecule has 110 valence electrons. The van der Waals surface area contributed by atoms with Crippen LogP contribution in [0.3, 0.4) is 0 Å². The zero-order chi connectivity index (χ0) is 15.6. The number of carboxylic acids is 1. The van der Waals surface area contributed by atoms with E-state index in [2.05, 4.69) is 5.32 Å². The monoisotopic (exact) mass is 329 g/mol. The van der Waals surface area contributed by atoms with Crippen molar-refractivity contribution in [2.75, 3.05) is 5.32 Å². The first kappa shape index (κ1) is 15.4. The van der Waals surface area contributed by atoms with Gasteiger partial charge >= 0.3 is 5.97 Å². The normalized spacial score (nSPS) is 10.4. The SMILES string of the molecule is O=C(O)c1ccc(F)c(NCc2cc(Cl)cc(Cl)c2O)c1. The minimum atomic E-state index is -1.16. The molecule has 21 heavy (non-hydrogen) atoms. The van der Waals surface area contributed by atoms with Gasteiger partial charge in [0.25, 0.3) is 0 Å². The van der Waals surface area contributed by atoms with Gasteiger partial charge < -0.3 is 15.5 Å². The molecule has 0 heterocycles. The average Bonchev–Trinajstić information content (AvgIpc) is 2.42. The number of anilines is 1. The summed E-state index contributed by atoms with van der Waals surface area (Å²) < 4.78 is 13.6. The molecule has 0 unspecified atom stereocenters. The molecule has 2 aromatic rings. The molecule has 0 radical (unpaired) electrons.